The van der Waals surface area contributed by atoms with Crippen molar-refractivity contribution >= 4 is 12.2 Å². The second kappa shape index (κ2) is 3.48. The molecule has 17 heavy (non-hydrogen) atoms. The van der Waals surface area contributed by atoms with Gasteiger partial charge in [-0.15, -0.1) is 10.2 Å². The molecule has 2 aromatic rings. The van der Waals surface area contributed by atoms with Gasteiger partial charge in [0.25, 0.3) is 0 Å². The van der Waals surface area contributed by atoms with Crippen molar-refractivity contribution in [2.75, 3.05) is 5.32 Å². The normalized spacial score (nSPS) is 17.5. The Bertz CT molecular complexity index is 592. The van der Waals surface area contributed by atoms with Crippen molar-refractivity contribution < 1.29 is 10.2 Å². The third-order valence-electron chi connectivity index (χ3n) is 2.50. The highest BCUT2D eigenvalue weighted by atomic mass is 16.3. The van der Waals surface area contributed by atoms with Crippen molar-refractivity contribution in [1.29, 1.82) is 0 Å². The summed E-state index contributed by atoms with van der Waals surface area (Å²) in [5.41, 5.74) is 0.612. The van der Waals surface area contributed by atoms with Crippen molar-refractivity contribution in [3.63, 3.8) is 0 Å². The van der Waals surface area contributed by atoms with E-state index in [4.69, 9.17) is 0 Å². The number of nitrogens with zero attached hydrogens (tertiary/aromatic N) is 4. The summed E-state index contributed by atoms with van der Waals surface area (Å²) in [4.78, 5) is 0. The van der Waals surface area contributed by atoms with Crippen molar-refractivity contribution in [2.45, 2.75) is 6.04 Å². The maximum atomic E-state index is 9.74. The first kappa shape index (κ1) is 9.64. The third kappa shape index (κ3) is 1.57. The predicted octanol–water partition coefficient (Wildman–Crippen LogP) is 0.690. The van der Waals surface area contributed by atoms with Crippen LogP contribution in [0, 0.1) is 0 Å². The molecule has 1 aliphatic heterocycles. The zero-order valence-electron chi connectivity index (χ0n) is 8.65. The minimum absolute atomic E-state index is 0.00177. The van der Waals surface area contributed by atoms with Gasteiger partial charge in [0.15, 0.2) is 0 Å². The van der Waals surface area contributed by atoms with Crippen LogP contribution in [0.2, 0.25) is 0 Å². The molecule has 7 heteroatoms. The molecule has 1 unspecified atom stereocenters. The first-order valence-electron chi connectivity index (χ1n) is 4.97. The molecule has 0 saturated carbocycles. The van der Waals surface area contributed by atoms with E-state index < -0.39 is 0 Å². The highest BCUT2D eigenvalue weighted by molar-refractivity contribution is 5.74. The van der Waals surface area contributed by atoms with Crippen LogP contribution in [0.1, 0.15) is 11.6 Å². The Morgan fingerprint density at radius 2 is 2.18 bits per heavy atom. The van der Waals surface area contributed by atoms with Crippen LogP contribution in [0.3, 0.4) is 0 Å². The molecule has 0 bridgehead atoms. The molecule has 0 fully saturated rings. The Morgan fingerprint density at radius 1 is 1.29 bits per heavy atom. The minimum atomic E-state index is -0.299. The SMILES string of the molecule is Oc1ccc(C2C=Nn3cnnc3N2)c(O)c1. The van der Waals surface area contributed by atoms with Crippen LogP contribution < -0.4 is 5.32 Å². The van der Waals surface area contributed by atoms with Gasteiger partial charge in [0.2, 0.25) is 5.95 Å². The number of aromatic nitrogens is 3. The van der Waals surface area contributed by atoms with Gasteiger partial charge < -0.3 is 15.5 Å². The van der Waals surface area contributed by atoms with E-state index in [-0.39, 0.29) is 17.5 Å². The topological polar surface area (TPSA) is 95.6 Å². The van der Waals surface area contributed by atoms with E-state index in [0.717, 1.165) is 0 Å². The zero-order valence-corrected chi connectivity index (χ0v) is 8.65. The molecule has 0 saturated heterocycles. The number of fused-ring (bicyclic) bond motifs is 1. The summed E-state index contributed by atoms with van der Waals surface area (Å²) in [6.45, 7) is 0. The van der Waals surface area contributed by atoms with Gasteiger partial charge in [-0.3, -0.25) is 0 Å². The molecule has 1 aliphatic rings. The molecule has 0 radical (unpaired) electrons. The number of benzene rings is 1. The Morgan fingerprint density at radius 3 is 3.00 bits per heavy atom. The molecule has 1 aromatic carbocycles. The third-order valence-corrected chi connectivity index (χ3v) is 2.50. The first-order valence-corrected chi connectivity index (χ1v) is 4.97. The molecule has 7 nitrogen and oxygen atoms in total. The van der Waals surface area contributed by atoms with Gasteiger partial charge in [0, 0.05) is 11.6 Å². The summed E-state index contributed by atoms with van der Waals surface area (Å²) in [6.07, 6.45) is 3.11. The van der Waals surface area contributed by atoms with Gasteiger partial charge in [-0.1, -0.05) is 0 Å². The number of hydrogen-bond donors (Lipinski definition) is 3. The molecular weight excluding hydrogens is 222 g/mol. The molecule has 86 valence electrons. The van der Waals surface area contributed by atoms with Gasteiger partial charge in [0.05, 0.1) is 12.3 Å². The average Bonchev–Trinajstić information content (AvgIpc) is 2.75. The van der Waals surface area contributed by atoms with Crippen LogP contribution in [0.4, 0.5) is 5.95 Å². The second-order valence-corrected chi connectivity index (χ2v) is 3.63. The van der Waals surface area contributed by atoms with Crippen molar-refractivity contribution in [3.05, 3.63) is 30.1 Å². The fourth-order valence-corrected chi connectivity index (χ4v) is 1.68. The molecule has 3 rings (SSSR count). The van der Waals surface area contributed by atoms with Gasteiger partial charge in [0.1, 0.15) is 17.8 Å². The van der Waals surface area contributed by atoms with Gasteiger partial charge in [-0.25, -0.2) is 0 Å². The van der Waals surface area contributed by atoms with E-state index in [1.807, 2.05) is 0 Å². The van der Waals surface area contributed by atoms with Crippen LogP contribution in [0.25, 0.3) is 0 Å². The summed E-state index contributed by atoms with van der Waals surface area (Å²) in [7, 11) is 0. The lowest BCUT2D eigenvalue weighted by Crippen LogP contribution is -2.19. The Kier molecular flexibility index (Phi) is 1.97. The quantitative estimate of drug-likeness (QED) is 0.671. The maximum absolute atomic E-state index is 9.74. The second-order valence-electron chi connectivity index (χ2n) is 3.63. The monoisotopic (exact) mass is 231 g/mol. The highest BCUT2D eigenvalue weighted by Crippen LogP contribution is 2.30. The van der Waals surface area contributed by atoms with Crippen molar-refractivity contribution in [2.24, 2.45) is 5.10 Å². The standard InChI is InChI=1S/C10H9N5O2/c16-6-1-2-7(9(17)3-6)8-4-12-15-5-11-14-10(15)13-8/h1-5,8,16-17H,(H,13,14). The van der Waals surface area contributed by atoms with E-state index in [2.05, 4.69) is 20.6 Å². The summed E-state index contributed by atoms with van der Waals surface area (Å²) in [6, 6.07) is 4.11. The smallest absolute Gasteiger partial charge is 0.246 e. The van der Waals surface area contributed by atoms with Crippen LogP contribution in [0.5, 0.6) is 11.5 Å². The molecule has 0 spiro atoms. The molecule has 1 aromatic heterocycles. The Labute approximate surface area is 96.0 Å². The zero-order chi connectivity index (χ0) is 11.8. The Balaban J connectivity index is 1.97. The van der Waals surface area contributed by atoms with Crippen LogP contribution in [-0.2, 0) is 0 Å². The molecule has 3 N–H and O–H groups in total. The fraction of sp³-hybridized carbons (Fsp3) is 0.100. The van der Waals surface area contributed by atoms with Crippen molar-refractivity contribution in [3.8, 4) is 11.5 Å². The van der Waals surface area contributed by atoms with Crippen LogP contribution >= 0.6 is 0 Å². The average molecular weight is 231 g/mol. The molecule has 0 amide bonds. The largest absolute Gasteiger partial charge is 0.508 e. The lowest BCUT2D eigenvalue weighted by atomic mass is 10.1. The van der Waals surface area contributed by atoms with E-state index >= 15 is 0 Å². The number of phenols is 2. The van der Waals surface area contributed by atoms with E-state index in [1.54, 1.807) is 12.3 Å². The number of anilines is 1. The summed E-state index contributed by atoms with van der Waals surface area (Å²) < 4.78 is 1.49. The lowest BCUT2D eigenvalue weighted by Gasteiger charge is -2.19. The predicted molar refractivity (Wildman–Crippen MR) is 60.0 cm³/mol. The van der Waals surface area contributed by atoms with E-state index in [0.29, 0.717) is 11.5 Å². The van der Waals surface area contributed by atoms with E-state index in [9.17, 15) is 10.2 Å². The number of nitrogens with one attached hydrogen (secondary N) is 1. The number of aromatic hydroxyl groups is 2. The minimum Gasteiger partial charge on any atom is -0.508 e. The first-order chi connectivity index (χ1) is 8.24. The summed E-state index contributed by atoms with van der Waals surface area (Å²) >= 11 is 0. The molecule has 0 aliphatic carbocycles. The van der Waals surface area contributed by atoms with Crippen LogP contribution in [0.15, 0.2) is 29.6 Å². The van der Waals surface area contributed by atoms with Crippen LogP contribution in [-0.4, -0.2) is 31.3 Å². The molecule has 1 atom stereocenters. The fourth-order valence-electron chi connectivity index (χ4n) is 1.68. The summed E-state index contributed by atoms with van der Waals surface area (Å²) in [5, 5.41) is 33.7. The number of rotatable bonds is 1. The van der Waals surface area contributed by atoms with E-state index in [1.165, 1.54) is 23.1 Å². The highest BCUT2D eigenvalue weighted by Gasteiger charge is 2.19. The van der Waals surface area contributed by atoms with Gasteiger partial charge >= 0.3 is 0 Å². The number of hydrogen-bond acceptors (Lipinski definition) is 6. The van der Waals surface area contributed by atoms with Gasteiger partial charge in [-0.05, 0) is 12.1 Å². The van der Waals surface area contributed by atoms with Gasteiger partial charge in [-0.2, -0.15) is 9.78 Å². The van der Waals surface area contributed by atoms with Crippen molar-refractivity contribution in [1.82, 2.24) is 14.9 Å². The summed E-state index contributed by atoms with van der Waals surface area (Å²) in [5.74, 6) is 0.522. The number of phenolic OH excluding ortho intramolecular Hbond substituents is 2. The Hall–Kier alpha value is -2.57. The lowest BCUT2D eigenvalue weighted by molar-refractivity contribution is 0.445. The molecular formula is C10H9N5O2. The molecule has 2 heterocycles. The maximum Gasteiger partial charge on any atom is 0.246 e.